The molecule has 0 aliphatic rings. The number of benzene rings is 1. The largest absolute Gasteiger partial charge is 0.366 e. The van der Waals surface area contributed by atoms with E-state index in [9.17, 15) is 4.79 Å². The Morgan fingerprint density at radius 1 is 1.53 bits per heavy atom. The van der Waals surface area contributed by atoms with Crippen LogP contribution in [0.1, 0.15) is 21.8 Å². The number of hydrogen-bond donors (Lipinski definition) is 1. The molecule has 88 valence electrons. The summed E-state index contributed by atoms with van der Waals surface area (Å²) in [5.41, 5.74) is 7.23. The number of alkyl halides is 1. The fraction of sp³-hybridized carbons (Fsp3) is 0.182. The molecule has 0 radical (unpaired) electrons. The van der Waals surface area contributed by atoms with Gasteiger partial charge < -0.3 is 10.3 Å². The van der Waals surface area contributed by atoms with Crippen molar-refractivity contribution >= 4 is 17.5 Å². The standard InChI is InChI=1S/C11H10ClN3O2/c1-6-4-7(2-3-8(6)10(13)16)11-14-9(5-12)17-15-11/h2-4H,5H2,1H3,(H2,13,16). The number of amides is 1. The molecule has 2 aromatic rings. The zero-order valence-corrected chi connectivity index (χ0v) is 9.86. The normalized spacial score (nSPS) is 10.5. The summed E-state index contributed by atoms with van der Waals surface area (Å²) in [6.07, 6.45) is 0. The van der Waals surface area contributed by atoms with Crippen molar-refractivity contribution in [2.75, 3.05) is 0 Å². The second-order valence-electron chi connectivity index (χ2n) is 3.54. The molecule has 1 aromatic heterocycles. The molecule has 17 heavy (non-hydrogen) atoms. The molecule has 0 atom stereocenters. The maximum absolute atomic E-state index is 11.1. The zero-order chi connectivity index (χ0) is 12.4. The van der Waals surface area contributed by atoms with E-state index >= 15 is 0 Å². The van der Waals surface area contributed by atoms with Gasteiger partial charge in [-0.05, 0) is 24.6 Å². The molecule has 0 aliphatic heterocycles. The number of carbonyl (C=O) groups excluding carboxylic acids is 1. The average Bonchev–Trinajstić information content (AvgIpc) is 2.76. The Morgan fingerprint density at radius 2 is 2.29 bits per heavy atom. The molecule has 0 bridgehead atoms. The minimum atomic E-state index is -0.455. The van der Waals surface area contributed by atoms with E-state index in [4.69, 9.17) is 21.9 Å². The lowest BCUT2D eigenvalue weighted by atomic mass is 10.0. The fourth-order valence-electron chi connectivity index (χ4n) is 1.51. The van der Waals surface area contributed by atoms with E-state index in [1.807, 2.05) is 0 Å². The third-order valence-electron chi connectivity index (χ3n) is 2.33. The number of halogens is 1. The molecule has 2 N–H and O–H groups in total. The Bertz CT molecular complexity index is 566. The highest BCUT2D eigenvalue weighted by Gasteiger charge is 2.10. The summed E-state index contributed by atoms with van der Waals surface area (Å²) in [6.45, 7) is 1.80. The van der Waals surface area contributed by atoms with Gasteiger partial charge in [0, 0.05) is 11.1 Å². The van der Waals surface area contributed by atoms with Gasteiger partial charge in [-0.1, -0.05) is 11.2 Å². The summed E-state index contributed by atoms with van der Waals surface area (Å²) in [4.78, 5) is 15.2. The van der Waals surface area contributed by atoms with Crippen molar-refractivity contribution in [1.29, 1.82) is 0 Å². The number of aromatic nitrogens is 2. The van der Waals surface area contributed by atoms with Crippen molar-refractivity contribution in [2.24, 2.45) is 5.73 Å². The molecule has 2 rings (SSSR count). The van der Waals surface area contributed by atoms with Gasteiger partial charge in [0.15, 0.2) is 0 Å². The lowest BCUT2D eigenvalue weighted by molar-refractivity contribution is 0.1000. The molecular formula is C11H10ClN3O2. The minimum Gasteiger partial charge on any atom is -0.366 e. The van der Waals surface area contributed by atoms with Gasteiger partial charge in [0.25, 0.3) is 0 Å². The second-order valence-corrected chi connectivity index (χ2v) is 3.81. The Labute approximate surface area is 103 Å². The highest BCUT2D eigenvalue weighted by Crippen LogP contribution is 2.20. The van der Waals surface area contributed by atoms with Crippen LogP contribution >= 0.6 is 11.6 Å². The van der Waals surface area contributed by atoms with Crippen LogP contribution in [-0.2, 0) is 5.88 Å². The minimum absolute atomic E-state index is 0.172. The maximum atomic E-state index is 11.1. The number of primary amides is 1. The highest BCUT2D eigenvalue weighted by molar-refractivity contribution is 6.16. The molecule has 1 heterocycles. The molecule has 0 fully saturated rings. The summed E-state index contributed by atoms with van der Waals surface area (Å²) >= 11 is 5.57. The quantitative estimate of drug-likeness (QED) is 0.845. The Kier molecular flexibility index (Phi) is 3.10. The fourth-order valence-corrected chi connectivity index (χ4v) is 1.61. The summed E-state index contributed by atoms with van der Waals surface area (Å²) in [6, 6.07) is 5.14. The van der Waals surface area contributed by atoms with E-state index in [0.29, 0.717) is 17.3 Å². The first kappa shape index (κ1) is 11.6. The van der Waals surface area contributed by atoms with Crippen molar-refractivity contribution in [3.63, 3.8) is 0 Å². The zero-order valence-electron chi connectivity index (χ0n) is 9.11. The van der Waals surface area contributed by atoms with Gasteiger partial charge in [-0.3, -0.25) is 4.79 Å². The molecule has 5 nitrogen and oxygen atoms in total. The third-order valence-corrected chi connectivity index (χ3v) is 2.56. The Hall–Kier alpha value is -1.88. The van der Waals surface area contributed by atoms with Crippen LogP contribution in [0.5, 0.6) is 0 Å². The molecular weight excluding hydrogens is 242 g/mol. The Morgan fingerprint density at radius 3 is 2.82 bits per heavy atom. The van der Waals surface area contributed by atoms with Crippen LogP contribution in [-0.4, -0.2) is 16.0 Å². The van der Waals surface area contributed by atoms with Crippen LogP contribution < -0.4 is 5.73 Å². The van der Waals surface area contributed by atoms with E-state index < -0.39 is 5.91 Å². The van der Waals surface area contributed by atoms with Gasteiger partial charge in [0.05, 0.1) is 0 Å². The lowest BCUT2D eigenvalue weighted by Gasteiger charge is -2.02. The molecule has 0 spiro atoms. The van der Waals surface area contributed by atoms with E-state index in [1.54, 1.807) is 25.1 Å². The van der Waals surface area contributed by atoms with Crippen LogP contribution in [0.25, 0.3) is 11.4 Å². The van der Waals surface area contributed by atoms with Crippen molar-refractivity contribution in [2.45, 2.75) is 12.8 Å². The Balaban J connectivity index is 2.40. The number of nitrogens with zero attached hydrogens (tertiary/aromatic N) is 2. The molecule has 0 saturated heterocycles. The summed E-state index contributed by atoms with van der Waals surface area (Å²) in [7, 11) is 0. The van der Waals surface area contributed by atoms with Crippen molar-refractivity contribution in [1.82, 2.24) is 10.1 Å². The van der Waals surface area contributed by atoms with Gasteiger partial charge in [0.1, 0.15) is 5.88 Å². The van der Waals surface area contributed by atoms with Crippen molar-refractivity contribution in [3.05, 3.63) is 35.2 Å². The van der Waals surface area contributed by atoms with Crippen LogP contribution in [0, 0.1) is 6.92 Å². The highest BCUT2D eigenvalue weighted by atomic mass is 35.5. The summed E-state index contributed by atoms with van der Waals surface area (Å²) in [5.74, 6) is 0.521. The van der Waals surface area contributed by atoms with Crippen LogP contribution in [0.15, 0.2) is 22.7 Å². The SMILES string of the molecule is Cc1cc(-c2noc(CCl)n2)ccc1C(N)=O. The van der Waals surface area contributed by atoms with Gasteiger partial charge in [0.2, 0.25) is 17.6 Å². The van der Waals surface area contributed by atoms with E-state index in [2.05, 4.69) is 10.1 Å². The first-order chi connectivity index (χ1) is 8.11. The maximum Gasteiger partial charge on any atom is 0.248 e. The topological polar surface area (TPSA) is 82.0 Å². The van der Waals surface area contributed by atoms with E-state index in [0.717, 1.165) is 11.1 Å². The number of rotatable bonds is 3. The van der Waals surface area contributed by atoms with Gasteiger partial charge in [-0.2, -0.15) is 4.98 Å². The smallest absolute Gasteiger partial charge is 0.248 e. The number of nitrogens with two attached hydrogens (primary N) is 1. The van der Waals surface area contributed by atoms with Gasteiger partial charge in [-0.15, -0.1) is 11.6 Å². The molecule has 1 amide bonds. The van der Waals surface area contributed by atoms with Crippen LogP contribution in [0.3, 0.4) is 0 Å². The monoisotopic (exact) mass is 251 g/mol. The lowest BCUT2D eigenvalue weighted by Crippen LogP contribution is -2.12. The van der Waals surface area contributed by atoms with E-state index in [1.165, 1.54) is 0 Å². The number of carbonyl (C=O) groups is 1. The van der Waals surface area contributed by atoms with Crippen molar-refractivity contribution in [3.8, 4) is 11.4 Å². The van der Waals surface area contributed by atoms with E-state index in [-0.39, 0.29) is 5.88 Å². The first-order valence-corrected chi connectivity index (χ1v) is 5.44. The van der Waals surface area contributed by atoms with Crippen molar-refractivity contribution < 1.29 is 9.32 Å². The molecule has 0 unspecified atom stereocenters. The second kappa shape index (κ2) is 4.55. The predicted octanol–water partition coefficient (Wildman–Crippen LogP) is 1.88. The molecule has 6 heteroatoms. The predicted molar refractivity (Wildman–Crippen MR) is 62.5 cm³/mol. The average molecular weight is 252 g/mol. The first-order valence-electron chi connectivity index (χ1n) is 4.91. The molecule has 0 saturated carbocycles. The summed E-state index contributed by atoms with van der Waals surface area (Å²) in [5, 5.41) is 3.79. The number of hydrogen-bond acceptors (Lipinski definition) is 4. The molecule has 0 aliphatic carbocycles. The van der Waals surface area contributed by atoms with Gasteiger partial charge in [-0.25, -0.2) is 0 Å². The van der Waals surface area contributed by atoms with Crippen LogP contribution in [0.2, 0.25) is 0 Å². The number of aryl methyl sites for hydroxylation is 1. The summed E-state index contributed by atoms with van der Waals surface area (Å²) < 4.78 is 4.90. The third kappa shape index (κ3) is 2.29. The van der Waals surface area contributed by atoms with Crippen LogP contribution in [0.4, 0.5) is 0 Å². The molecule has 1 aromatic carbocycles. The van der Waals surface area contributed by atoms with Gasteiger partial charge >= 0.3 is 0 Å².